The van der Waals surface area contributed by atoms with Crippen LogP contribution in [0.15, 0.2) is 42.5 Å². The summed E-state index contributed by atoms with van der Waals surface area (Å²) in [5, 5.41) is 4.14. The van der Waals surface area contributed by atoms with E-state index < -0.39 is 0 Å². The van der Waals surface area contributed by atoms with Crippen LogP contribution in [0.25, 0.3) is 0 Å². The second kappa shape index (κ2) is 4.62. The molecule has 18 heavy (non-hydrogen) atoms. The van der Waals surface area contributed by atoms with Crippen molar-refractivity contribution in [2.75, 3.05) is 11.9 Å². The van der Waals surface area contributed by atoms with Crippen LogP contribution in [0.5, 0.6) is 0 Å². The molecule has 1 nitrogen and oxygen atoms in total. The molecule has 0 amide bonds. The lowest BCUT2D eigenvalue weighted by atomic mass is 9.88. The zero-order valence-corrected chi connectivity index (χ0v) is 10.5. The molecule has 1 heterocycles. The molecular weight excluding hydrogens is 249 g/mol. The van der Waals surface area contributed by atoms with E-state index in [1.807, 2.05) is 24.3 Å². The summed E-state index contributed by atoms with van der Waals surface area (Å²) in [5.41, 5.74) is 3.43. The van der Waals surface area contributed by atoms with Crippen LogP contribution in [0.4, 0.5) is 10.1 Å². The van der Waals surface area contributed by atoms with Crippen molar-refractivity contribution < 1.29 is 4.39 Å². The van der Waals surface area contributed by atoms with Crippen molar-refractivity contribution >= 4 is 17.3 Å². The normalized spacial score (nSPS) is 18.0. The molecule has 1 unspecified atom stereocenters. The maximum absolute atomic E-state index is 12.9. The minimum absolute atomic E-state index is 0.189. The van der Waals surface area contributed by atoms with Crippen molar-refractivity contribution in [1.29, 1.82) is 0 Å². The molecule has 1 aliphatic rings. The van der Waals surface area contributed by atoms with Crippen LogP contribution in [0.2, 0.25) is 5.02 Å². The summed E-state index contributed by atoms with van der Waals surface area (Å²) < 4.78 is 12.9. The first-order chi connectivity index (χ1) is 8.74. The highest BCUT2D eigenvalue weighted by Crippen LogP contribution is 2.34. The molecule has 0 aliphatic carbocycles. The van der Waals surface area contributed by atoms with Crippen LogP contribution in [-0.2, 0) is 6.42 Å². The highest BCUT2D eigenvalue weighted by atomic mass is 35.5. The molecule has 0 fully saturated rings. The van der Waals surface area contributed by atoms with Crippen LogP contribution in [-0.4, -0.2) is 6.54 Å². The number of para-hydroxylation sites is 1. The predicted molar refractivity (Wildman–Crippen MR) is 72.8 cm³/mol. The molecule has 2 aromatic carbocycles. The Hall–Kier alpha value is -1.54. The monoisotopic (exact) mass is 261 g/mol. The van der Waals surface area contributed by atoms with Gasteiger partial charge in [0.15, 0.2) is 0 Å². The lowest BCUT2D eigenvalue weighted by molar-refractivity contribution is 0.623. The Kier molecular flexibility index (Phi) is 2.96. The van der Waals surface area contributed by atoms with E-state index in [9.17, 15) is 4.39 Å². The van der Waals surface area contributed by atoms with E-state index in [-0.39, 0.29) is 5.82 Å². The van der Waals surface area contributed by atoms with Gasteiger partial charge in [-0.15, -0.1) is 0 Å². The molecule has 92 valence electrons. The first-order valence-electron chi connectivity index (χ1n) is 6.01. The van der Waals surface area contributed by atoms with Crippen molar-refractivity contribution in [2.45, 2.75) is 12.3 Å². The van der Waals surface area contributed by atoms with Gasteiger partial charge in [0.1, 0.15) is 5.82 Å². The van der Waals surface area contributed by atoms with Gasteiger partial charge < -0.3 is 5.32 Å². The van der Waals surface area contributed by atoms with Gasteiger partial charge in [0.25, 0.3) is 0 Å². The van der Waals surface area contributed by atoms with Crippen LogP contribution < -0.4 is 5.32 Å². The molecule has 3 heteroatoms. The van der Waals surface area contributed by atoms with Gasteiger partial charge in [0.05, 0.1) is 10.7 Å². The average molecular weight is 262 g/mol. The molecule has 0 bridgehead atoms. The van der Waals surface area contributed by atoms with Gasteiger partial charge in [-0.25, -0.2) is 4.39 Å². The second-order valence-corrected chi connectivity index (χ2v) is 5.01. The lowest BCUT2D eigenvalue weighted by Gasteiger charge is -2.27. The first-order valence-corrected chi connectivity index (χ1v) is 6.38. The fraction of sp³-hybridized carbons (Fsp3) is 0.200. The van der Waals surface area contributed by atoms with Crippen molar-refractivity contribution in [3.05, 3.63) is 64.4 Å². The fourth-order valence-electron chi connectivity index (χ4n) is 2.47. The minimum atomic E-state index is -0.189. The number of anilines is 1. The summed E-state index contributed by atoms with van der Waals surface area (Å²) in [5.74, 6) is 0.183. The third-order valence-corrected chi connectivity index (χ3v) is 3.75. The Morgan fingerprint density at radius 1 is 1.11 bits per heavy atom. The summed E-state index contributed by atoms with van der Waals surface area (Å²) in [6.45, 7) is 0.836. The van der Waals surface area contributed by atoms with Crippen LogP contribution in [0.3, 0.4) is 0 Å². The number of hydrogen-bond acceptors (Lipinski definition) is 1. The van der Waals surface area contributed by atoms with Crippen LogP contribution in [0.1, 0.15) is 17.0 Å². The first kappa shape index (κ1) is 11.5. The average Bonchev–Trinajstić information content (AvgIpc) is 2.39. The lowest BCUT2D eigenvalue weighted by Crippen LogP contribution is -2.21. The van der Waals surface area contributed by atoms with Crippen molar-refractivity contribution in [1.82, 2.24) is 0 Å². The van der Waals surface area contributed by atoms with E-state index in [0.717, 1.165) is 29.2 Å². The highest BCUT2D eigenvalue weighted by Gasteiger charge is 2.20. The molecule has 0 saturated carbocycles. The van der Waals surface area contributed by atoms with E-state index in [0.29, 0.717) is 5.92 Å². The molecule has 0 radical (unpaired) electrons. The van der Waals surface area contributed by atoms with Crippen molar-refractivity contribution in [3.8, 4) is 0 Å². The molecule has 1 atom stereocenters. The molecule has 1 aliphatic heterocycles. The number of hydrogen-bond donors (Lipinski definition) is 1. The summed E-state index contributed by atoms with van der Waals surface area (Å²) in [7, 11) is 0. The fourth-order valence-corrected chi connectivity index (χ4v) is 2.73. The van der Waals surface area contributed by atoms with E-state index in [2.05, 4.69) is 11.4 Å². The Morgan fingerprint density at radius 2 is 1.89 bits per heavy atom. The maximum Gasteiger partial charge on any atom is 0.123 e. The summed E-state index contributed by atoms with van der Waals surface area (Å²) >= 11 is 6.14. The van der Waals surface area contributed by atoms with E-state index in [4.69, 9.17) is 11.6 Å². The van der Waals surface area contributed by atoms with Gasteiger partial charge in [-0.1, -0.05) is 35.9 Å². The molecule has 0 saturated heterocycles. The predicted octanol–water partition coefficient (Wildman–Crippen LogP) is 4.23. The molecule has 0 spiro atoms. The Morgan fingerprint density at radius 3 is 2.67 bits per heavy atom. The molecule has 0 aromatic heterocycles. The Labute approximate surface area is 111 Å². The summed E-state index contributed by atoms with van der Waals surface area (Å²) in [4.78, 5) is 0. The second-order valence-electron chi connectivity index (χ2n) is 4.61. The zero-order valence-electron chi connectivity index (χ0n) is 9.79. The van der Waals surface area contributed by atoms with Gasteiger partial charge in [-0.3, -0.25) is 0 Å². The molecule has 2 aromatic rings. The van der Waals surface area contributed by atoms with Gasteiger partial charge >= 0.3 is 0 Å². The SMILES string of the molecule is Fc1ccc(C2CNc3c(Cl)cccc3C2)cc1. The third kappa shape index (κ3) is 2.08. The van der Waals surface area contributed by atoms with E-state index in [1.165, 1.54) is 17.7 Å². The number of rotatable bonds is 1. The zero-order chi connectivity index (χ0) is 12.5. The largest absolute Gasteiger partial charge is 0.383 e. The Balaban J connectivity index is 1.89. The van der Waals surface area contributed by atoms with Crippen molar-refractivity contribution in [2.24, 2.45) is 0 Å². The van der Waals surface area contributed by atoms with Gasteiger partial charge in [-0.05, 0) is 35.7 Å². The van der Waals surface area contributed by atoms with Gasteiger partial charge in [0.2, 0.25) is 0 Å². The van der Waals surface area contributed by atoms with Gasteiger partial charge in [-0.2, -0.15) is 0 Å². The topological polar surface area (TPSA) is 12.0 Å². The van der Waals surface area contributed by atoms with E-state index in [1.54, 1.807) is 0 Å². The minimum Gasteiger partial charge on any atom is -0.383 e. The van der Waals surface area contributed by atoms with Crippen LogP contribution in [0, 0.1) is 5.82 Å². The number of nitrogens with one attached hydrogen (secondary N) is 1. The maximum atomic E-state index is 12.9. The van der Waals surface area contributed by atoms with Crippen molar-refractivity contribution in [3.63, 3.8) is 0 Å². The highest BCUT2D eigenvalue weighted by molar-refractivity contribution is 6.33. The van der Waals surface area contributed by atoms with Crippen LogP contribution >= 0.6 is 11.6 Å². The quantitative estimate of drug-likeness (QED) is 0.810. The molecular formula is C15H13ClFN. The molecule has 3 rings (SSSR count). The number of fused-ring (bicyclic) bond motifs is 1. The Bertz CT molecular complexity index is 565. The number of benzene rings is 2. The standard InChI is InChI=1S/C15H13ClFN/c16-14-3-1-2-11-8-12(9-18-15(11)14)10-4-6-13(17)7-5-10/h1-7,12,18H,8-9H2. The smallest absolute Gasteiger partial charge is 0.123 e. The number of halogens is 2. The van der Waals surface area contributed by atoms with E-state index >= 15 is 0 Å². The third-order valence-electron chi connectivity index (χ3n) is 3.43. The summed E-state index contributed by atoms with van der Waals surface area (Å²) in [6, 6.07) is 12.7. The van der Waals surface area contributed by atoms with Gasteiger partial charge in [0, 0.05) is 12.5 Å². The molecule has 1 N–H and O–H groups in total. The summed E-state index contributed by atoms with van der Waals surface area (Å²) in [6.07, 6.45) is 0.939.